The maximum atomic E-state index is 12.5. The number of esters is 1. The molecule has 6 nitrogen and oxygen atoms in total. The molecule has 0 aliphatic rings. The number of rotatable bonds is 70. The summed E-state index contributed by atoms with van der Waals surface area (Å²) in [6.07, 6.45) is 84.5. The molecule has 0 fully saturated rings. The lowest BCUT2D eigenvalue weighted by atomic mass is 10.0. The smallest absolute Gasteiger partial charge is 0.305 e. The molecule has 79 heavy (non-hydrogen) atoms. The molecule has 0 saturated carbocycles. The Morgan fingerprint density at radius 1 is 0.304 bits per heavy atom. The number of aliphatic hydroxyl groups excluding tert-OH is 2. The van der Waals surface area contributed by atoms with Crippen molar-refractivity contribution in [3.63, 3.8) is 0 Å². The maximum Gasteiger partial charge on any atom is 0.305 e. The van der Waals surface area contributed by atoms with E-state index in [4.69, 9.17) is 4.74 Å². The SMILES string of the molecule is CCCCCCCCCCCCCCCCCCCCCC(=O)OCCCCCCCCCCCCCCCCCCCCCCCCCCCCCC(=O)NC(CO)C(O)CCCCCCCCCCCCCCCCCC. The van der Waals surface area contributed by atoms with Crippen molar-refractivity contribution in [3.05, 3.63) is 0 Å². The lowest BCUT2D eigenvalue weighted by Crippen LogP contribution is -2.45. The van der Waals surface area contributed by atoms with Crippen molar-refractivity contribution in [2.45, 2.75) is 443 Å². The highest BCUT2D eigenvalue weighted by Crippen LogP contribution is 2.20. The van der Waals surface area contributed by atoms with E-state index >= 15 is 0 Å². The summed E-state index contributed by atoms with van der Waals surface area (Å²) in [5.41, 5.74) is 0. The number of unbranched alkanes of at least 4 members (excludes halogenated alkanes) is 59. The quantitative estimate of drug-likeness (QED) is 0.0417. The number of ether oxygens (including phenoxy) is 1. The minimum atomic E-state index is -0.661. The maximum absolute atomic E-state index is 12.5. The molecular weight excluding hydrogens is 971 g/mol. The van der Waals surface area contributed by atoms with E-state index in [1.54, 1.807) is 0 Å². The summed E-state index contributed by atoms with van der Waals surface area (Å²) >= 11 is 0. The van der Waals surface area contributed by atoms with Gasteiger partial charge in [0.2, 0.25) is 5.91 Å². The molecule has 0 saturated heterocycles. The van der Waals surface area contributed by atoms with Crippen LogP contribution in [0.25, 0.3) is 0 Å². The Balaban J connectivity index is 3.31. The molecule has 0 heterocycles. The lowest BCUT2D eigenvalue weighted by molar-refractivity contribution is -0.143. The lowest BCUT2D eigenvalue weighted by Gasteiger charge is -2.22. The normalized spacial score (nSPS) is 12.4. The molecule has 0 radical (unpaired) electrons. The second kappa shape index (κ2) is 69.4. The molecule has 0 aromatic heterocycles. The second-order valence-electron chi connectivity index (χ2n) is 25.6. The fraction of sp³-hybridized carbons (Fsp3) is 0.973. The Morgan fingerprint density at radius 3 is 0.772 bits per heavy atom. The first-order chi connectivity index (χ1) is 39.0. The van der Waals surface area contributed by atoms with Gasteiger partial charge in [0, 0.05) is 12.8 Å². The number of nitrogens with one attached hydrogen (secondary N) is 1. The molecule has 0 aliphatic carbocycles. The predicted molar refractivity (Wildman–Crippen MR) is 347 cm³/mol. The first-order valence-electron chi connectivity index (χ1n) is 36.8. The molecule has 3 N–H and O–H groups in total. The van der Waals surface area contributed by atoms with Gasteiger partial charge in [0.05, 0.1) is 25.4 Å². The van der Waals surface area contributed by atoms with Crippen LogP contribution in [-0.4, -0.2) is 47.4 Å². The molecule has 0 aliphatic heterocycles. The van der Waals surface area contributed by atoms with Gasteiger partial charge in [-0.15, -0.1) is 0 Å². The zero-order chi connectivity index (χ0) is 57.1. The highest BCUT2D eigenvalue weighted by atomic mass is 16.5. The van der Waals surface area contributed by atoms with Crippen LogP contribution in [0, 0.1) is 0 Å². The van der Waals surface area contributed by atoms with E-state index in [2.05, 4.69) is 19.2 Å². The van der Waals surface area contributed by atoms with E-state index in [0.717, 1.165) is 38.5 Å². The molecule has 6 heteroatoms. The van der Waals surface area contributed by atoms with Crippen LogP contribution in [0.1, 0.15) is 431 Å². The summed E-state index contributed by atoms with van der Waals surface area (Å²) in [5, 5.41) is 23.4. The third-order valence-electron chi connectivity index (χ3n) is 17.7. The number of hydrogen-bond acceptors (Lipinski definition) is 5. The summed E-state index contributed by atoms with van der Waals surface area (Å²) in [7, 11) is 0. The van der Waals surface area contributed by atoms with E-state index in [0.29, 0.717) is 25.9 Å². The van der Waals surface area contributed by atoms with Crippen LogP contribution in [0.5, 0.6) is 0 Å². The zero-order valence-electron chi connectivity index (χ0n) is 54.2. The highest BCUT2D eigenvalue weighted by molar-refractivity contribution is 5.76. The van der Waals surface area contributed by atoms with E-state index in [-0.39, 0.29) is 18.5 Å². The first-order valence-corrected chi connectivity index (χ1v) is 36.8. The summed E-state index contributed by atoms with van der Waals surface area (Å²) in [5.74, 6) is -0.00355. The number of hydrogen-bond donors (Lipinski definition) is 3. The van der Waals surface area contributed by atoms with Crippen LogP contribution in [0.4, 0.5) is 0 Å². The third-order valence-corrected chi connectivity index (χ3v) is 17.7. The largest absolute Gasteiger partial charge is 0.466 e. The van der Waals surface area contributed by atoms with Gasteiger partial charge in [-0.25, -0.2) is 0 Å². The molecule has 0 aromatic carbocycles. The van der Waals surface area contributed by atoms with E-state index in [1.807, 2.05) is 0 Å². The van der Waals surface area contributed by atoms with Crippen molar-refractivity contribution in [2.75, 3.05) is 13.2 Å². The van der Waals surface area contributed by atoms with E-state index < -0.39 is 12.1 Å². The van der Waals surface area contributed by atoms with Crippen molar-refractivity contribution < 1.29 is 24.5 Å². The van der Waals surface area contributed by atoms with Gasteiger partial charge >= 0.3 is 5.97 Å². The minimum Gasteiger partial charge on any atom is -0.466 e. The van der Waals surface area contributed by atoms with Crippen LogP contribution in [0.2, 0.25) is 0 Å². The summed E-state index contributed by atoms with van der Waals surface area (Å²) in [6.45, 7) is 5.01. The van der Waals surface area contributed by atoms with Crippen molar-refractivity contribution >= 4 is 11.9 Å². The van der Waals surface area contributed by atoms with Crippen LogP contribution in [0.15, 0.2) is 0 Å². The van der Waals surface area contributed by atoms with Gasteiger partial charge in [0.1, 0.15) is 0 Å². The number of aliphatic hydroxyl groups is 2. The van der Waals surface area contributed by atoms with Gasteiger partial charge in [0.25, 0.3) is 0 Å². The summed E-state index contributed by atoms with van der Waals surface area (Å²) < 4.78 is 5.52. The first kappa shape index (κ1) is 77.9. The molecule has 2 atom stereocenters. The van der Waals surface area contributed by atoms with Gasteiger partial charge in [0.15, 0.2) is 0 Å². The molecule has 0 bridgehead atoms. The summed E-state index contributed by atoms with van der Waals surface area (Å²) in [4.78, 5) is 24.6. The monoisotopic (exact) mass is 1120 g/mol. The van der Waals surface area contributed by atoms with Crippen LogP contribution < -0.4 is 5.32 Å². The average molecular weight is 1120 g/mol. The Morgan fingerprint density at radius 2 is 0.519 bits per heavy atom. The van der Waals surface area contributed by atoms with Crippen molar-refractivity contribution in [1.29, 1.82) is 0 Å². The van der Waals surface area contributed by atoms with Gasteiger partial charge < -0.3 is 20.3 Å². The Labute approximate surface area is 496 Å². The highest BCUT2D eigenvalue weighted by Gasteiger charge is 2.20. The van der Waals surface area contributed by atoms with E-state index in [1.165, 1.54) is 360 Å². The molecule has 1 amide bonds. The van der Waals surface area contributed by atoms with Crippen LogP contribution >= 0.6 is 0 Å². The number of carbonyl (C=O) groups is 2. The van der Waals surface area contributed by atoms with Gasteiger partial charge in [-0.1, -0.05) is 393 Å². The van der Waals surface area contributed by atoms with Crippen molar-refractivity contribution in [1.82, 2.24) is 5.32 Å². The minimum absolute atomic E-state index is 0.0243. The van der Waals surface area contributed by atoms with Crippen molar-refractivity contribution in [3.8, 4) is 0 Å². The van der Waals surface area contributed by atoms with Crippen LogP contribution in [-0.2, 0) is 14.3 Å². The average Bonchev–Trinajstić information content (AvgIpc) is 3.45. The number of amides is 1. The fourth-order valence-corrected chi connectivity index (χ4v) is 12.1. The predicted octanol–water partition coefficient (Wildman–Crippen LogP) is 23.8. The molecule has 472 valence electrons. The topological polar surface area (TPSA) is 95.9 Å². The zero-order valence-corrected chi connectivity index (χ0v) is 54.2. The van der Waals surface area contributed by atoms with Crippen molar-refractivity contribution in [2.24, 2.45) is 0 Å². The summed E-state index contributed by atoms with van der Waals surface area (Å²) in [6, 6.07) is -0.538. The molecule has 2 unspecified atom stereocenters. The van der Waals surface area contributed by atoms with E-state index in [9.17, 15) is 19.8 Å². The standard InChI is InChI=1S/C73H145NO5/c1-3-5-7-9-11-13-15-17-19-21-31-35-39-43-47-51-55-59-63-67-73(78)79-68-64-60-56-52-48-44-40-36-33-30-28-26-24-22-23-25-27-29-32-34-38-42-46-50-54-58-62-66-72(77)74-70(69-75)71(76)65-61-57-53-49-45-41-37-20-18-16-14-12-10-8-6-4-2/h70-71,75-76H,3-69H2,1-2H3,(H,74,77). The third kappa shape index (κ3) is 65.9. The Hall–Kier alpha value is -1.14. The molecular formula is C73H145NO5. The molecule has 0 rings (SSSR count). The second-order valence-corrected chi connectivity index (χ2v) is 25.6. The van der Waals surface area contributed by atoms with Gasteiger partial charge in [-0.3, -0.25) is 9.59 Å². The molecule has 0 spiro atoms. The van der Waals surface area contributed by atoms with Gasteiger partial charge in [-0.2, -0.15) is 0 Å². The number of carbonyl (C=O) groups excluding carboxylic acids is 2. The van der Waals surface area contributed by atoms with Gasteiger partial charge in [-0.05, 0) is 25.7 Å². The Kier molecular flexibility index (Phi) is 68.4. The fourth-order valence-electron chi connectivity index (χ4n) is 12.1. The molecule has 0 aromatic rings. The Bertz CT molecular complexity index is 1150. The van der Waals surface area contributed by atoms with Crippen LogP contribution in [0.3, 0.4) is 0 Å².